The van der Waals surface area contributed by atoms with E-state index in [0.717, 1.165) is 12.8 Å². The highest BCUT2D eigenvalue weighted by Crippen LogP contribution is 2.26. The average Bonchev–Trinajstić information content (AvgIpc) is 2.60. The second-order valence-electron chi connectivity index (χ2n) is 5.54. The monoisotopic (exact) mass is 350 g/mol. The second-order valence-corrected chi connectivity index (χ2v) is 5.95. The number of aryl methyl sites for hydroxylation is 1. The van der Waals surface area contributed by atoms with E-state index in [9.17, 15) is 4.79 Å². The van der Waals surface area contributed by atoms with Crippen molar-refractivity contribution in [1.82, 2.24) is 9.78 Å². The Morgan fingerprint density at radius 2 is 1.75 bits per heavy atom. The molecule has 0 atom stereocenters. The number of aromatic nitrogens is 2. The summed E-state index contributed by atoms with van der Waals surface area (Å²) in [5.74, 6) is 1.34. The van der Waals surface area contributed by atoms with Crippen LogP contribution in [0.3, 0.4) is 0 Å². The standard InChI is InChI=1S/C18H23ClN2O3/c1-3-4-5-6-7-12-21-18(22)17(16(19)13-20-21)24-15-10-8-14(23-2)9-11-15/h8-11,13H,3-7,12H2,1-2H3. The average molecular weight is 351 g/mol. The topological polar surface area (TPSA) is 53.4 Å². The van der Waals surface area contributed by atoms with E-state index in [1.165, 1.54) is 30.1 Å². The van der Waals surface area contributed by atoms with E-state index < -0.39 is 0 Å². The SMILES string of the molecule is CCCCCCCn1ncc(Cl)c(Oc2ccc(OC)cc2)c1=O. The summed E-state index contributed by atoms with van der Waals surface area (Å²) in [7, 11) is 1.59. The van der Waals surface area contributed by atoms with Gasteiger partial charge in [-0.1, -0.05) is 44.2 Å². The zero-order valence-electron chi connectivity index (χ0n) is 14.1. The summed E-state index contributed by atoms with van der Waals surface area (Å²) >= 11 is 6.09. The number of rotatable bonds is 9. The smallest absolute Gasteiger partial charge is 0.311 e. The molecule has 0 aliphatic carbocycles. The lowest BCUT2D eigenvalue weighted by atomic mass is 10.1. The summed E-state index contributed by atoms with van der Waals surface area (Å²) in [6.07, 6.45) is 7.03. The van der Waals surface area contributed by atoms with Crippen LogP contribution in [-0.2, 0) is 6.54 Å². The van der Waals surface area contributed by atoms with Crippen molar-refractivity contribution in [2.45, 2.75) is 45.6 Å². The number of hydrogen-bond donors (Lipinski definition) is 0. The first-order valence-electron chi connectivity index (χ1n) is 8.23. The van der Waals surface area contributed by atoms with Crippen molar-refractivity contribution in [2.24, 2.45) is 0 Å². The van der Waals surface area contributed by atoms with Gasteiger partial charge in [-0.25, -0.2) is 4.68 Å². The molecule has 0 N–H and O–H groups in total. The molecule has 0 unspecified atom stereocenters. The Labute approximate surface area is 147 Å². The number of benzene rings is 1. The van der Waals surface area contributed by atoms with Gasteiger partial charge in [-0.2, -0.15) is 5.10 Å². The lowest BCUT2D eigenvalue weighted by Crippen LogP contribution is -2.24. The zero-order chi connectivity index (χ0) is 17.4. The van der Waals surface area contributed by atoms with E-state index in [0.29, 0.717) is 18.0 Å². The van der Waals surface area contributed by atoms with Crippen molar-refractivity contribution in [3.05, 3.63) is 45.8 Å². The van der Waals surface area contributed by atoms with Crippen molar-refractivity contribution >= 4 is 11.6 Å². The molecule has 130 valence electrons. The van der Waals surface area contributed by atoms with Crippen LogP contribution in [0.4, 0.5) is 0 Å². The molecule has 6 heteroatoms. The van der Waals surface area contributed by atoms with Gasteiger partial charge in [0.15, 0.2) is 0 Å². The Morgan fingerprint density at radius 3 is 2.42 bits per heavy atom. The van der Waals surface area contributed by atoms with Crippen LogP contribution in [0, 0.1) is 0 Å². The summed E-state index contributed by atoms with van der Waals surface area (Å²) < 4.78 is 12.2. The fraction of sp³-hybridized carbons (Fsp3) is 0.444. The number of halogens is 1. The van der Waals surface area contributed by atoms with E-state index in [1.807, 2.05) is 0 Å². The van der Waals surface area contributed by atoms with Crippen LogP contribution in [0.15, 0.2) is 35.3 Å². The molecule has 0 spiro atoms. The van der Waals surface area contributed by atoms with Crippen LogP contribution in [0.2, 0.25) is 5.02 Å². The van der Waals surface area contributed by atoms with Crippen molar-refractivity contribution < 1.29 is 9.47 Å². The minimum Gasteiger partial charge on any atom is -0.497 e. The van der Waals surface area contributed by atoms with Gasteiger partial charge in [0.05, 0.1) is 13.3 Å². The largest absolute Gasteiger partial charge is 0.497 e. The normalized spacial score (nSPS) is 10.6. The van der Waals surface area contributed by atoms with E-state index in [4.69, 9.17) is 21.1 Å². The van der Waals surface area contributed by atoms with Gasteiger partial charge < -0.3 is 9.47 Å². The van der Waals surface area contributed by atoms with Crippen molar-refractivity contribution in [3.63, 3.8) is 0 Å². The van der Waals surface area contributed by atoms with Crippen LogP contribution in [0.5, 0.6) is 17.2 Å². The molecule has 0 bridgehead atoms. The Morgan fingerprint density at radius 1 is 1.08 bits per heavy atom. The third-order valence-electron chi connectivity index (χ3n) is 3.71. The van der Waals surface area contributed by atoms with Gasteiger partial charge in [0.1, 0.15) is 16.5 Å². The Hall–Kier alpha value is -2.01. The van der Waals surface area contributed by atoms with E-state index in [-0.39, 0.29) is 16.3 Å². The molecule has 1 heterocycles. The van der Waals surface area contributed by atoms with Crippen LogP contribution in [0.1, 0.15) is 39.0 Å². The maximum absolute atomic E-state index is 12.5. The van der Waals surface area contributed by atoms with Gasteiger partial charge in [-0.15, -0.1) is 0 Å². The minimum absolute atomic E-state index is 0.102. The van der Waals surface area contributed by atoms with Crippen molar-refractivity contribution in [1.29, 1.82) is 0 Å². The predicted octanol–water partition coefficient (Wildman–Crippen LogP) is 4.67. The summed E-state index contributed by atoms with van der Waals surface area (Å²) in [5, 5.41) is 4.30. The second kappa shape index (κ2) is 9.33. The molecule has 0 saturated heterocycles. The molecule has 0 saturated carbocycles. The highest BCUT2D eigenvalue weighted by molar-refractivity contribution is 6.31. The molecule has 5 nitrogen and oxygen atoms in total. The molecule has 1 aromatic heterocycles. The Bertz CT molecular complexity index is 698. The molecule has 0 aliphatic heterocycles. The Balaban J connectivity index is 2.08. The van der Waals surface area contributed by atoms with Crippen LogP contribution >= 0.6 is 11.6 Å². The number of unbranched alkanes of at least 4 members (excludes halogenated alkanes) is 4. The molecule has 0 aliphatic rings. The van der Waals surface area contributed by atoms with Gasteiger partial charge in [0.25, 0.3) is 0 Å². The summed E-state index contributed by atoms with van der Waals surface area (Å²) in [6, 6.07) is 6.97. The quantitative estimate of drug-likeness (QED) is 0.617. The Kier molecular flexibility index (Phi) is 7.12. The first-order valence-corrected chi connectivity index (χ1v) is 8.61. The molecule has 24 heavy (non-hydrogen) atoms. The maximum Gasteiger partial charge on any atom is 0.311 e. The third kappa shape index (κ3) is 4.99. The van der Waals surface area contributed by atoms with Crippen LogP contribution < -0.4 is 15.0 Å². The van der Waals surface area contributed by atoms with Gasteiger partial charge in [-0.3, -0.25) is 4.79 Å². The van der Waals surface area contributed by atoms with Crippen LogP contribution in [0.25, 0.3) is 0 Å². The predicted molar refractivity (Wildman–Crippen MR) is 95.3 cm³/mol. The lowest BCUT2D eigenvalue weighted by Gasteiger charge is -2.10. The van der Waals surface area contributed by atoms with E-state index >= 15 is 0 Å². The maximum atomic E-state index is 12.5. The first-order chi connectivity index (χ1) is 11.7. The highest BCUT2D eigenvalue weighted by atomic mass is 35.5. The zero-order valence-corrected chi connectivity index (χ0v) is 14.9. The highest BCUT2D eigenvalue weighted by Gasteiger charge is 2.12. The summed E-state index contributed by atoms with van der Waals surface area (Å²) in [5.41, 5.74) is -0.311. The van der Waals surface area contributed by atoms with E-state index in [1.54, 1.807) is 31.4 Å². The van der Waals surface area contributed by atoms with Gasteiger partial charge >= 0.3 is 5.56 Å². The third-order valence-corrected chi connectivity index (χ3v) is 3.98. The van der Waals surface area contributed by atoms with Crippen LogP contribution in [-0.4, -0.2) is 16.9 Å². The first kappa shape index (κ1) is 18.3. The lowest BCUT2D eigenvalue weighted by molar-refractivity contribution is 0.411. The fourth-order valence-corrected chi connectivity index (χ4v) is 2.49. The van der Waals surface area contributed by atoms with Gasteiger partial charge in [-0.05, 0) is 30.7 Å². The molecule has 1 aromatic carbocycles. The molecule has 0 amide bonds. The van der Waals surface area contributed by atoms with Gasteiger partial charge in [0, 0.05) is 6.54 Å². The van der Waals surface area contributed by atoms with Crippen molar-refractivity contribution in [2.75, 3.05) is 7.11 Å². The molecule has 0 radical (unpaired) electrons. The fourth-order valence-electron chi connectivity index (χ4n) is 2.33. The van der Waals surface area contributed by atoms with Gasteiger partial charge in [0.2, 0.25) is 5.75 Å². The number of nitrogens with zero attached hydrogens (tertiary/aromatic N) is 2. The molecular formula is C18H23ClN2O3. The molecule has 0 fully saturated rings. The number of ether oxygens (including phenoxy) is 2. The molecule has 2 aromatic rings. The molecular weight excluding hydrogens is 328 g/mol. The summed E-state index contributed by atoms with van der Waals surface area (Å²) in [4.78, 5) is 12.5. The molecule has 2 rings (SSSR count). The van der Waals surface area contributed by atoms with E-state index in [2.05, 4.69) is 12.0 Å². The summed E-state index contributed by atoms with van der Waals surface area (Å²) in [6.45, 7) is 2.74. The number of methoxy groups -OCH3 is 1. The van der Waals surface area contributed by atoms with Crippen molar-refractivity contribution in [3.8, 4) is 17.2 Å². The number of hydrogen-bond acceptors (Lipinski definition) is 4. The minimum atomic E-state index is -0.311.